The molecule has 11 heteroatoms. The summed E-state index contributed by atoms with van der Waals surface area (Å²) in [6.45, 7) is -0.216. The molecular weight excluding hydrogens is 602 g/mol. The molecule has 2 aliphatic carbocycles. The number of aromatic amines is 1. The summed E-state index contributed by atoms with van der Waals surface area (Å²) in [5.41, 5.74) is 2.10. The molecule has 0 spiro atoms. The lowest BCUT2D eigenvalue weighted by Crippen LogP contribution is -2.42. The Morgan fingerprint density at radius 2 is 1.64 bits per heavy atom. The van der Waals surface area contributed by atoms with Gasteiger partial charge in [-0.1, -0.05) is 41.7 Å². The van der Waals surface area contributed by atoms with E-state index in [1.54, 1.807) is 11.8 Å². The molecule has 8 rings (SSSR count). The molecule has 3 amide bonds. The van der Waals surface area contributed by atoms with Crippen LogP contribution in [0, 0.1) is 35.4 Å². The third kappa shape index (κ3) is 4.32. The average Bonchev–Trinajstić information content (AvgIpc) is 3.77. The third-order valence-electron chi connectivity index (χ3n) is 9.48. The molecule has 0 unspecified atom stereocenters. The predicted octanol–water partition coefficient (Wildman–Crippen LogP) is 5.27. The highest BCUT2D eigenvalue weighted by Gasteiger charge is 2.69. The molecule has 8 nitrogen and oxygen atoms in total. The first-order valence-electron chi connectivity index (χ1n) is 14.5. The van der Waals surface area contributed by atoms with Crippen molar-refractivity contribution in [2.75, 3.05) is 16.8 Å². The molecule has 1 saturated heterocycles. The van der Waals surface area contributed by atoms with Crippen LogP contribution in [0.2, 0.25) is 0 Å². The number of H-pyrrole nitrogens is 1. The molecule has 2 bridgehead atoms. The summed E-state index contributed by atoms with van der Waals surface area (Å²) >= 11 is 2.87. The molecule has 44 heavy (non-hydrogen) atoms. The van der Waals surface area contributed by atoms with Gasteiger partial charge in [0.05, 0.1) is 22.5 Å². The van der Waals surface area contributed by atoms with Crippen LogP contribution in [0.25, 0.3) is 0 Å². The van der Waals surface area contributed by atoms with Crippen LogP contribution < -0.4 is 19.8 Å². The van der Waals surface area contributed by atoms with Crippen molar-refractivity contribution in [3.8, 4) is 5.75 Å². The first-order chi connectivity index (χ1) is 21.4. The van der Waals surface area contributed by atoms with Gasteiger partial charge in [0.25, 0.3) is 5.91 Å². The second kappa shape index (κ2) is 10.4. The standard InChI is InChI=1S/C33H26FN3O5S2/c34-17-8-10-18(11-9-17)35-23(38)15-42-20-12-6-16(7-13-20)24-25-21-14-22(28(25)43-30-29(24)44-33(41)36-30)27-26(21)31(39)37(32(27)40)19-4-2-1-3-5-19/h1-13,21-22,24-28H,14-15H2,(H,35,38)(H,36,41)/t21-,22-,24+,25-,26+,27+,28-/m1/s1. The molecule has 0 radical (unpaired) electrons. The Labute approximate surface area is 259 Å². The molecule has 3 fully saturated rings. The van der Waals surface area contributed by atoms with E-state index in [1.807, 2.05) is 54.6 Å². The van der Waals surface area contributed by atoms with Crippen LogP contribution in [0.1, 0.15) is 22.8 Å². The molecule has 4 aromatic rings. The van der Waals surface area contributed by atoms with Crippen LogP contribution in [0.15, 0.2) is 88.7 Å². The number of anilines is 2. The summed E-state index contributed by atoms with van der Waals surface area (Å²) in [5.74, 6) is -1.12. The Balaban J connectivity index is 1.05. The van der Waals surface area contributed by atoms with E-state index in [-0.39, 0.29) is 75.8 Å². The second-order valence-electron chi connectivity index (χ2n) is 11.7. The Kier molecular flexibility index (Phi) is 6.49. The molecule has 2 saturated carbocycles. The number of hydrogen-bond donors (Lipinski definition) is 2. The SMILES string of the molecule is O=C(COc1ccc([C@@H]2c3sc(=O)[nH]c3S[C@@H]3[C@@H]4C[C@@H]([C@@H]5C(=O)N(c6ccccc6)C(=O)[C@@H]45)[C@H]23)cc1)Nc1ccc(F)cc1. The average molecular weight is 628 g/mol. The maximum absolute atomic E-state index is 13.8. The van der Waals surface area contributed by atoms with E-state index < -0.39 is 0 Å². The predicted molar refractivity (Wildman–Crippen MR) is 164 cm³/mol. The van der Waals surface area contributed by atoms with E-state index in [9.17, 15) is 23.6 Å². The van der Waals surface area contributed by atoms with Gasteiger partial charge in [-0.3, -0.25) is 24.1 Å². The Bertz CT molecular complexity index is 1840. The molecule has 222 valence electrons. The van der Waals surface area contributed by atoms with Gasteiger partial charge in [0, 0.05) is 21.7 Å². The molecule has 2 aliphatic heterocycles. The number of thioether (sulfide) groups is 1. The van der Waals surface area contributed by atoms with Gasteiger partial charge in [-0.05, 0) is 78.3 Å². The summed E-state index contributed by atoms with van der Waals surface area (Å²) in [5, 5.41) is 3.63. The number of carbonyl (C=O) groups excluding carboxylic acids is 3. The fourth-order valence-electron chi connectivity index (χ4n) is 7.87. The number of amides is 3. The number of fused-ring (bicyclic) bond motifs is 9. The summed E-state index contributed by atoms with van der Waals surface area (Å²) in [6, 6.07) is 22.2. The number of halogens is 1. The zero-order valence-electron chi connectivity index (χ0n) is 23.1. The van der Waals surface area contributed by atoms with Gasteiger partial charge in [-0.15, -0.1) is 11.8 Å². The van der Waals surface area contributed by atoms with Crippen LogP contribution in [0.4, 0.5) is 15.8 Å². The lowest BCUT2D eigenvalue weighted by atomic mass is 9.68. The number of aromatic nitrogens is 1. The zero-order valence-corrected chi connectivity index (χ0v) is 24.8. The van der Waals surface area contributed by atoms with Crippen LogP contribution in [-0.4, -0.2) is 34.6 Å². The molecular formula is C33H26FN3O5S2. The van der Waals surface area contributed by atoms with Gasteiger partial charge in [0.2, 0.25) is 11.8 Å². The summed E-state index contributed by atoms with van der Waals surface area (Å²) in [7, 11) is 0. The number of nitrogens with zero attached hydrogens (tertiary/aromatic N) is 1. The maximum Gasteiger partial charge on any atom is 0.305 e. The fourth-order valence-corrected chi connectivity index (χ4v) is 10.8. The molecule has 2 N–H and O–H groups in total. The minimum absolute atomic E-state index is 0.0223. The number of benzene rings is 3. The summed E-state index contributed by atoms with van der Waals surface area (Å²) in [6.07, 6.45) is 0.817. The summed E-state index contributed by atoms with van der Waals surface area (Å²) < 4.78 is 18.9. The maximum atomic E-state index is 13.8. The van der Waals surface area contributed by atoms with E-state index in [2.05, 4.69) is 10.3 Å². The van der Waals surface area contributed by atoms with Crippen molar-refractivity contribution in [2.45, 2.75) is 22.6 Å². The lowest BCUT2D eigenvalue weighted by molar-refractivity contribution is -0.123. The van der Waals surface area contributed by atoms with Crippen LogP contribution in [0.3, 0.4) is 0 Å². The van der Waals surface area contributed by atoms with Crippen molar-refractivity contribution in [3.05, 3.63) is 105 Å². The highest BCUT2D eigenvalue weighted by Crippen LogP contribution is 2.68. The highest BCUT2D eigenvalue weighted by atomic mass is 32.2. The molecule has 1 aromatic heterocycles. The van der Waals surface area contributed by atoms with Gasteiger partial charge in [-0.25, -0.2) is 4.39 Å². The minimum atomic E-state index is -0.385. The number of nitrogens with one attached hydrogen (secondary N) is 2. The molecule has 3 aromatic carbocycles. The number of hydrogen-bond acceptors (Lipinski definition) is 7. The van der Waals surface area contributed by atoms with Crippen molar-refractivity contribution in [1.29, 1.82) is 0 Å². The van der Waals surface area contributed by atoms with Gasteiger partial charge in [-0.2, -0.15) is 0 Å². The van der Waals surface area contributed by atoms with E-state index in [4.69, 9.17) is 4.74 Å². The van der Waals surface area contributed by atoms with Crippen molar-refractivity contribution < 1.29 is 23.5 Å². The van der Waals surface area contributed by atoms with Gasteiger partial charge >= 0.3 is 4.87 Å². The number of thiazole rings is 1. The first-order valence-corrected chi connectivity index (χ1v) is 16.2. The van der Waals surface area contributed by atoms with Crippen molar-refractivity contribution in [3.63, 3.8) is 0 Å². The number of rotatable bonds is 6. The first kappa shape index (κ1) is 27.3. The third-order valence-corrected chi connectivity index (χ3v) is 12.1. The van der Waals surface area contributed by atoms with E-state index >= 15 is 0 Å². The molecule has 7 atom stereocenters. The number of ether oxygens (including phenoxy) is 1. The quantitative estimate of drug-likeness (QED) is 0.282. The number of imide groups is 1. The smallest absolute Gasteiger partial charge is 0.305 e. The van der Waals surface area contributed by atoms with Gasteiger partial charge in [0.15, 0.2) is 6.61 Å². The Hall–Kier alpha value is -4.22. The normalized spacial score (nSPS) is 28.0. The summed E-state index contributed by atoms with van der Waals surface area (Å²) in [4.78, 5) is 57.7. The molecule has 3 heterocycles. The lowest BCUT2D eigenvalue weighted by Gasteiger charge is -2.43. The Morgan fingerprint density at radius 3 is 2.36 bits per heavy atom. The van der Waals surface area contributed by atoms with Gasteiger partial charge < -0.3 is 15.0 Å². The van der Waals surface area contributed by atoms with Crippen molar-refractivity contribution in [1.82, 2.24) is 4.98 Å². The topological polar surface area (TPSA) is 109 Å². The van der Waals surface area contributed by atoms with E-state index in [0.717, 1.165) is 21.9 Å². The molecule has 4 aliphatic rings. The van der Waals surface area contributed by atoms with Gasteiger partial charge in [0.1, 0.15) is 11.6 Å². The fraction of sp³-hybridized carbons (Fsp3) is 0.273. The van der Waals surface area contributed by atoms with Crippen molar-refractivity contribution >= 4 is 52.2 Å². The van der Waals surface area contributed by atoms with E-state index in [1.165, 1.54) is 40.5 Å². The van der Waals surface area contributed by atoms with Crippen LogP contribution in [-0.2, 0) is 14.4 Å². The zero-order chi connectivity index (χ0) is 30.1. The second-order valence-corrected chi connectivity index (χ2v) is 13.9. The van der Waals surface area contributed by atoms with Crippen LogP contribution in [0.5, 0.6) is 5.75 Å². The highest BCUT2D eigenvalue weighted by molar-refractivity contribution is 8.00. The Morgan fingerprint density at radius 1 is 0.932 bits per heavy atom. The van der Waals surface area contributed by atoms with Crippen molar-refractivity contribution in [2.24, 2.45) is 29.6 Å². The van der Waals surface area contributed by atoms with E-state index in [0.29, 0.717) is 17.1 Å². The number of carbonyl (C=O) groups is 3. The largest absolute Gasteiger partial charge is 0.484 e. The minimum Gasteiger partial charge on any atom is -0.484 e. The monoisotopic (exact) mass is 627 g/mol. The van der Waals surface area contributed by atoms with Crippen LogP contribution >= 0.6 is 23.1 Å². The number of para-hydroxylation sites is 1.